The van der Waals surface area contributed by atoms with Crippen molar-refractivity contribution in [1.82, 2.24) is 14.9 Å². The molecule has 1 atom stereocenters. The molecule has 3 heterocycles. The quantitative estimate of drug-likeness (QED) is 0.529. The Morgan fingerprint density at radius 1 is 1.16 bits per heavy atom. The molecule has 0 aliphatic carbocycles. The molecule has 0 spiro atoms. The summed E-state index contributed by atoms with van der Waals surface area (Å²) in [5, 5.41) is 2.38. The zero-order chi connectivity index (χ0) is 21.8. The minimum absolute atomic E-state index is 0.0576. The molecule has 0 bridgehead atoms. The first-order chi connectivity index (χ1) is 14.9. The number of carbonyl (C=O) groups excluding carboxylic acids is 1. The Labute approximate surface area is 181 Å². The number of pyridine rings is 1. The third-order valence-corrected chi connectivity index (χ3v) is 5.98. The van der Waals surface area contributed by atoms with E-state index in [-0.39, 0.29) is 18.6 Å². The number of piperidine rings is 1. The van der Waals surface area contributed by atoms with E-state index in [2.05, 4.69) is 9.97 Å². The Kier molecular flexibility index (Phi) is 6.22. The fourth-order valence-electron chi connectivity index (χ4n) is 3.53. The lowest BCUT2D eigenvalue weighted by atomic mass is 10.00. The summed E-state index contributed by atoms with van der Waals surface area (Å²) < 4.78 is 43.9. The standard InChI is InChI=1S/C22H20F3N3O2S/c23-22(24,25)15-9-10-17(26-12-15)21-27-18(14-31-21)19-8-4-5-11-28(19)20(29)13-30-16-6-2-1-3-7-16/h1-3,6-7,9-10,12,14,19H,4-5,8,11,13H2/t19-/m1/s1. The van der Waals surface area contributed by atoms with Gasteiger partial charge in [0.25, 0.3) is 5.91 Å². The van der Waals surface area contributed by atoms with E-state index in [1.807, 2.05) is 23.6 Å². The van der Waals surface area contributed by atoms with Gasteiger partial charge in [0.15, 0.2) is 6.61 Å². The van der Waals surface area contributed by atoms with Crippen molar-refractivity contribution in [3.63, 3.8) is 0 Å². The predicted molar refractivity (Wildman–Crippen MR) is 111 cm³/mol. The van der Waals surface area contributed by atoms with Crippen molar-refractivity contribution >= 4 is 17.2 Å². The van der Waals surface area contributed by atoms with Crippen LogP contribution in [0.5, 0.6) is 5.75 Å². The number of halogens is 3. The Balaban J connectivity index is 1.47. The molecule has 1 amide bonds. The number of rotatable bonds is 5. The monoisotopic (exact) mass is 447 g/mol. The fraction of sp³-hybridized carbons (Fsp3) is 0.318. The van der Waals surface area contributed by atoms with Gasteiger partial charge in [0.05, 0.1) is 23.0 Å². The third-order valence-electron chi connectivity index (χ3n) is 5.10. The lowest BCUT2D eigenvalue weighted by Gasteiger charge is -2.34. The van der Waals surface area contributed by atoms with E-state index in [1.165, 1.54) is 17.4 Å². The Morgan fingerprint density at radius 2 is 1.97 bits per heavy atom. The van der Waals surface area contributed by atoms with Gasteiger partial charge in [-0.1, -0.05) is 18.2 Å². The molecule has 1 aliphatic heterocycles. The minimum atomic E-state index is -4.43. The fourth-order valence-corrected chi connectivity index (χ4v) is 4.37. The van der Waals surface area contributed by atoms with Crippen LogP contribution in [0.1, 0.15) is 36.6 Å². The van der Waals surface area contributed by atoms with Gasteiger partial charge in [-0.2, -0.15) is 13.2 Å². The molecule has 1 aromatic carbocycles. The maximum atomic E-state index is 12.8. The number of hydrogen-bond acceptors (Lipinski definition) is 5. The molecular weight excluding hydrogens is 427 g/mol. The predicted octanol–water partition coefficient (Wildman–Crippen LogP) is 5.36. The highest BCUT2D eigenvalue weighted by molar-refractivity contribution is 7.13. The number of hydrogen-bond donors (Lipinski definition) is 0. The van der Waals surface area contributed by atoms with E-state index >= 15 is 0 Å². The Bertz CT molecular complexity index is 1020. The average molecular weight is 447 g/mol. The lowest BCUT2D eigenvalue weighted by Crippen LogP contribution is -2.41. The van der Waals surface area contributed by atoms with Gasteiger partial charge < -0.3 is 9.64 Å². The number of benzene rings is 1. The first kappa shape index (κ1) is 21.3. The van der Waals surface area contributed by atoms with E-state index in [0.717, 1.165) is 37.2 Å². The van der Waals surface area contributed by atoms with Gasteiger partial charge in [0.2, 0.25) is 0 Å². The third kappa shape index (κ3) is 5.04. The molecule has 4 rings (SSSR count). The van der Waals surface area contributed by atoms with Crippen LogP contribution in [0.4, 0.5) is 13.2 Å². The number of amides is 1. The first-order valence-electron chi connectivity index (χ1n) is 9.88. The van der Waals surface area contributed by atoms with Gasteiger partial charge in [-0.15, -0.1) is 11.3 Å². The van der Waals surface area contributed by atoms with E-state index in [4.69, 9.17) is 4.74 Å². The smallest absolute Gasteiger partial charge is 0.417 e. The molecule has 9 heteroatoms. The summed E-state index contributed by atoms with van der Waals surface area (Å²) in [6, 6.07) is 11.3. The van der Waals surface area contributed by atoms with Crippen LogP contribution in [0.2, 0.25) is 0 Å². The van der Waals surface area contributed by atoms with Crippen molar-refractivity contribution in [2.75, 3.05) is 13.2 Å². The van der Waals surface area contributed by atoms with Crippen LogP contribution in [0.25, 0.3) is 10.7 Å². The van der Waals surface area contributed by atoms with E-state index in [1.54, 1.807) is 17.0 Å². The summed E-state index contributed by atoms with van der Waals surface area (Å²) in [4.78, 5) is 23.1. The zero-order valence-electron chi connectivity index (χ0n) is 16.5. The molecule has 1 aliphatic rings. The molecule has 2 aromatic heterocycles. The molecule has 3 aromatic rings. The van der Waals surface area contributed by atoms with Gasteiger partial charge >= 0.3 is 6.18 Å². The molecule has 1 fully saturated rings. The van der Waals surface area contributed by atoms with Crippen molar-refractivity contribution in [1.29, 1.82) is 0 Å². The Morgan fingerprint density at radius 3 is 2.68 bits per heavy atom. The Hall–Kier alpha value is -2.94. The zero-order valence-corrected chi connectivity index (χ0v) is 17.3. The lowest BCUT2D eigenvalue weighted by molar-refractivity contribution is -0.138. The highest BCUT2D eigenvalue weighted by atomic mass is 32.1. The minimum Gasteiger partial charge on any atom is -0.484 e. The molecule has 5 nitrogen and oxygen atoms in total. The van der Waals surface area contributed by atoms with Gasteiger partial charge in [0, 0.05) is 18.1 Å². The summed E-state index contributed by atoms with van der Waals surface area (Å²) in [6.07, 6.45) is -0.955. The average Bonchev–Trinajstić information content (AvgIpc) is 3.28. The largest absolute Gasteiger partial charge is 0.484 e. The molecule has 0 N–H and O–H groups in total. The van der Waals surface area contributed by atoms with Crippen LogP contribution >= 0.6 is 11.3 Å². The van der Waals surface area contributed by atoms with E-state index < -0.39 is 11.7 Å². The highest BCUT2D eigenvalue weighted by Gasteiger charge is 2.32. The summed E-state index contributed by atoms with van der Waals surface area (Å²) >= 11 is 1.31. The van der Waals surface area contributed by atoms with E-state index in [0.29, 0.717) is 23.0 Å². The molecule has 31 heavy (non-hydrogen) atoms. The molecular formula is C22H20F3N3O2S. The van der Waals surface area contributed by atoms with Crippen molar-refractivity contribution in [2.24, 2.45) is 0 Å². The molecule has 0 radical (unpaired) electrons. The van der Waals surface area contributed by atoms with Crippen molar-refractivity contribution in [3.05, 3.63) is 65.3 Å². The van der Waals surface area contributed by atoms with E-state index in [9.17, 15) is 18.0 Å². The van der Waals surface area contributed by atoms with Crippen molar-refractivity contribution in [3.8, 4) is 16.5 Å². The van der Waals surface area contributed by atoms with Gasteiger partial charge in [0.1, 0.15) is 10.8 Å². The molecule has 0 saturated carbocycles. The number of para-hydroxylation sites is 1. The highest BCUT2D eigenvalue weighted by Crippen LogP contribution is 2.35. The van der Waals surface area contributed by atoms with Gasteiger partial charge in [-0.25, -0.2) is 4.98 Å². The van der Waals surface area contributed by atoms with Crippen LogP contribution < -0.4 is 4.74 Å². The van der Waals surface area contributed by atoms with Crippen molar-refractivity contribution < 1.29 is 22.7 Å². The van der Waals surface area contributed by atoms with Gasteiger partial charge in [-0.3, -0.25) is 9.78 Å². The molecule has 0 unspecified atom stereocenters. The first-order valence-corrected chi connectivity index (χ1v) is 10.8. The number of aromatic nitrogens is 2. The second-order valence-corrected chi connectivity index (χ2v) is 8.07. The van der Waals surface area contributed by atoms with Crippen LogP contribution in [0.3, 0.4) is 0 Å². The number of thiazole rings is 1. The normalized spacial score (nSPS) is 16.9. The maximum Gasteiger partial charge on any atom is 0.417 e. The van der Waals surface area contributed by atoms with Crippen LogP contribution in [0, 0.1) is 0 Å². The summed E-state index contributed by atoms with van der Waals surface area (Å²) in [7, 11) is 0. The topological polar surface area (TPSA) is 55.3 Å². The number of likely N-dealkylation sites (tertiary alicyclic amines) is 1. The second-order valence-electron chi connectivity index (χ2n) is 7.21. The number of nitrogens with zero attached hydrogens (tertiary/aromatic N) is 3. The molecule has 162 valence electrons. The van der Waals surface area contributed by atoms with Crippen LogP contribution in [-0.4, -0.2) is 33.9 Å². The van der Waals surface area contributed by atoms with Gasteiger partial charge in [-0.05, 0) is 43.5 Å². The number of ether oxygens (including phenoxy) is 1. The second kappa shape index (κ2) is 9.05. The van der Waals surface area contributed by atoms with Crippen LogP contribution in [-0.2, 0) is 11.0 Å². The number of carbonyl (C=O) groups is 1. The van der Waals surface area contributed by atoms with Crippen molar-refractivity contribution in [2.45, 2.75) is 31.5 Å². The summed E-state index contributed by atoms with van der Waals surface area (Å²) in [6.45, 7) is 0.561. The summed E-state index contributed by atoms with van der Waals surface area (Å²) in [5.41, 5.74) is 0.315. The van der Waals surface area contributed by atoms with Crippen LogP contribution in [0.15, 0.2) is 54.0 Å². The molecule has 1 saturated heterocycles. The maximum absolute atomic E-state index is 12.8. The number of alkyl halides is 3. The SMILES string of the molecule is O=C(COc1ccccc1)N1CCCC[C@@H]1c1csc(-c2ccc(C(F)(F)F)cn2)n1. The summed E-state index contributed by atoms with van der Waals surface area (Å²) in [5.74, 6) is 0.518.